The molecule has 0 spiro atoms. The fraction of sp³-hybridized carbons (Fsp3) is 0.571. The standard InChI is InChI=1S/C14H22O2/c1-4-7-11(2)13-8-5-6-9-14(13)16-12(3)10-15/h5-6,8-9,11-12,15H,4,7,10H2,1-3H3. The van der Waals surface area contributed by atoms with Crippen molar-refractivity contribution < 1.29 is 9.84 Å². The molecular weight excluding hydrogens is 200 g/mol. The van der Waals surface area contributed by atoms with E-state index in [1.54, 1.807) is 0 Å². The average Bonchev–Trinajstić information content (AvgIpc) is 2.30. The van der Waals surface area contributed by atoms with Crippen molar-refractivity contribution in [3.8, 4) is 5.75 Å². The molecule has 0 bridgehead atoms. The quantitative estimate of drug-likeness (QED) is 0.799. The third-order valence-corrected chi connectivity index (χ3v) is 2.76. The van der Waals surface area contributed by atoms with Crippen LogP contribution in [0.5, 0.6) is 5.75 Å². The summed E-state index contributed by atoms with van der Waals surface area (Å²) in [7, 11) is 0. The van der Waals surface area contributed by atoms with E-state index in [1.165, 1.54) is 12.0 Å². The number of aliphatic hydroxyl groups is 1. The molecule has 90 valence electrons. The molecule has 0 aliphatic heterocycles. The largest absolute Gasteiger partial charge is 0.488 e. The highest BCUT2D eigenvalue weighted by Gasteiger charge is 2.12. The molecule has 2 heteroatoms. The number of hydrogen-bond donors (Lipinski definition) is 1. The summed E-state index contributed by atoms with van der Waals surface area (Å²) in [5.74, 6) is 1.41. The van der Waals surface area contributed by atoms with Gasteiger partial charge in [-0.2, -0.15) is 0 Å². The number of ether oxygens (including phenoxy) is 1. The fourth-order valence-electron chi connectivity index (χ4n) is 1.84. The Morgan fingerprint density at radius 2 is 1.94 bits per heavy atom. The van der Waals surface area contributed by atoms with Gasteiger partial charge < -0.3 is 9.84 Å². The maximum atomic E-state index is 9.00. The van der Waals surface area contributed by atoms with Crippen LogP contribution in [-0.4, -0.2) is 17.8 Å². The van der Waals surface area contributed by atoms with Gasteiger partial charge in [-0.1, -0.05) is 38.5 Å². The molecule has 2 unspecified atom stereocenters. The van der Waals surface area contributed by atoms with Crippen LogP contribution in [0.4, 0.5) is 0 Å². The third-order valence-electron chi connectivity index (χ3n) is 2.76. The van der Waals surface area contributed by atoms with Crippen molar-refractivity contribution in [2.75, 3.05) is 6.61 Å². The maximum Gasteiger partial charge on any atom is 0.123 e. The van der Waals surface area contributed by atoms with Gasteiger partial charge in [-0.3, -0.25) is 0 Å². The summed E-state index contributed by atoms with van der Waals surface area (Å²) in [4.78, 5) is 0. The number of aliphatic hydroxyl groups excluding tert-OH is 1. The van der Waals surface area contributed by atoms with Gasteiger partial charge in [0.2, 0.25) is 0 Å². The predicted octanol–water partition coefficient (Wildman–Crippen LogP) is 3.35. The van der Waals surface area contributed by atoms with Gasteiger partial charge in [0.15, 0.2) is 0 Å². The van der Waals surface area contributed by atoms with Crippen LogP contribution in [0.2, 0.25) is 0 Å². The maximum absolute atomic E-state index is 9.00. The first-order valence-electron chi connectivity index (χ1n) is 6.05. The van der Waals surface area contributed by atoms with Crippen molar-refractivity contribution in [2.24, 2.45) is 0 Å². The molecule has 1 aromatic carbocycles. The Morgan fingerprint density at radius 1 is 1.25 bits per heavy atom. The van der Waals surface area contributed by atoms with Crippen LogP contribution in [0.25, 0.3) is 0 Å². The van der Waals surface area contributed by atoms with Crippen LogP contribution in [0.3, 0.4) is 0 Å². The first-order chi connectivity index (χ1) is 7.69. The third kappa shape index (κ3) is 3.53. The van der Waals surface area contributed by atoms with Crippen molar-refractivity contribution in [3.05, 3.63) is 29.8 Å². The molecule has 16 heavy (non-hydrogen) atoms. The summed E-state index contributed by atoms with van der Waals surface area (Å²) < 4.78 is 5.71. The molecule has 1 aromatic rings. The summed E-state index contributed by atoms with van der Waals surface area (Å²) in [6, 6.07) is 8.10. The second-order valence-corrected chi connectivity index (χ2v) is 4.34. The molecule has 0 aromatic heterocycles. The minimum Gasteiger partial charge on any atom is -0.488 e. The Hall–Kier alpha value is -1.02. The predicted molar refractivity (Wildman–Crippen MR) is 66.9 cm³/mol. The van der Waals surface area contributed by atoms with Gasteiger partial charge in [0, 0.05) is 0 Å². The monoisotopic (exact) mass is 222 g/mol. The van der Waals surface area contributed by atoms with Gasteiger partial charge in [-0.15, -0.1) is 0 Å². The average molecular weight is 222 g/mol. The van der Waals surface area contributed by atoms with Crippen LogP contribution in [0, 0.1) is 0 Å². The lowest BCUT2D eigenvalue weighted by atomic mass is 9.96. The molecule has 0 aliphatic rings. The Morgan fingerprint density at radius 3 is 2.56 bits per heavy atom. The Balaban J connectivity index is 2.82. The van der Waals surface area contributed by atoms with E-state index in [-0.39, 0.29) is 12.7 Å². The van der Waals surface area contributed by atoms with Gasteiger partial charge in [-0.25, -0.2) is 0 Å². The molecule has 0 amide bonds. The van der Waals surface area contributed by atoms with E-state index >= 15 is 0 Å². The Kier molecular flexibility index (Phi) is 5.33. The topological polar surface area (TPSA) is 29.5 Å². The molecule has 0 fully saturated rings. The van der Waals surface area contributed by atoms with E-state index in [0.717, 1.165) is 12.2 Å². The molecule has 2 atom stereocenters. The van der Waals surface area contributed by atoms with Gasteiger partial charge in [0.1, 0.15) is 11.9 Å². The molecule has 0 radical (unpaired) electrons. The minimum atomic E-state index is -0.144. The van der Waals surface area contributed by atoms with E-state index < -0.39 is 0 Å². The lowest BCUT2D eigenvalue weighted by Gasteiger charge is -2.19. The minimum absolute atomic E-state index is 0.0521. The van der Waals surface area contributed by atoms with Crippen molar-refractivity contribution >= 4 is 0 Å². The lowest BCUT2D eigenvalue weighted by Crippen LogP contribution is -2.17. The molecular formula is C14H22O2. The summed E-state index contributed by atoms with van der Waals surface area (Å²) in [6.45, 7) is 6.34. The fourth-order valence-corrected chi connectivity index (χ4v) is 1.84. The molecule has 0 aliphatic carbocycles. The summed E-state index contributed by atoms with van der Waals surface area (Å²) >= 11 is 0. The second-order valence-electron chi connectivity index (χ2n) is 4.34. The zero-order valence-electron chi connectivity index (χ0n) is 10.4. The highest BCUT2D eigenvalue weighted by atomic mass is 16.5. The zero-order valence-corrected chi connectivity index (χ0v) is 10.4. The summed E-state index contributed by atoms with van der Waals surface area (Å²) in [5.41, 5.74) is 1.24. The number of benzene rings is 1. The van der Waals surface area contributed by atoms with Crippen LogP contribution < -0.4 is 4.74 Å². The highest BCUT2D eigenvalue weighted by Crippen LogP contribution is 2.29. The van der Waals surface area contributed by atoms with Crippen LogP contribution >= 0.6 is 0 Å². The van der Waals surface area contributed by atoms with Gasteiger partial charge in [0.05, 0.1) is 6.61 Å². The summed E-state index contributed by atoms with van der Waals surface area (Å²) in [6.07, 6.45) is 2.19. The van der Waals surface area contributed by atoms with Crippen LogP contribution in [0.1, 0.15) is 45.1 Å². The van der Waals surface area contributed by atoms with Crippen molar-refractivity contribution in [1.29, 1.82) is 0 Å². The molecule has 0 heterocycles. The first kappa shape index (κ1) is 13.0. The molecule has 2 nitrogen and oxygen atoms in total. The highest BCUT2D eigenvalue weighted by molar-refractivity contribution is 5.36. The van der Waals surface area contributed by atoms with Crippen molar-refractivity contribution in [3.63, 3.8) is 0 Å². The van der Waals surface area contributed by atoms with E-state index in [9.17, 15) is 0 Å². The number of para-hydroxylation sites is 1. The van der Waals surface area contributed by atoms with Gasteiger partial charge >= 0.3 is 0 Å². The lowest BCUT2D eigenvalue weighted by molar-refractivity contribution is 0.128. The van der Waals surface area contributed by atoms with Gasteiger partial charge in [-0.05, 0) is 30.9 Å². The molecule has 0 saturated carbocycles. The van der Waals surface area contributed by atoms with E-state index in [2.05, 4.69) is 19.9 Å². The van der Waals surface area contributed by atoms with Crippen LogP contribution in [-0.2, 0) is 0 Å². The Bertz CT molecular complexity index is 309. The summed E-state index contributed by atoms with van der Waals surface area (Å²) in [5, 5.41) is 9.00. The molecule has 0 saturated heterocycles. The van der Waals surface area contributed by atoms with Crippen LogP contribution in [0.15, 0.2) is 24.3 Å². The zero-order chi connectivity index (χ0) is 12.0. The normalized spacial score (nSPS) is 14.5. The SMILES string of the molecule is CCCC(C)c1ccccc1OC(C)CO. The Labute approximate surface area is 98.3 Å². The number of hydrogen-bond acceptors (Lipinski definition) is 2. The smallest absolute Gasteiger partial charge is 0.123 e. The van der Waals surface area contributed by atoms with E-state index in [1.807, 2.05) is 25.1 Å². The van der Waals surface area contributed by atoms with Crippen molar-refractivity contribution in [2.45, 2.75) is 45.6 Å². The van der Waals surface area contributed by atoms with Crippen molar-refractivity contribution in [1.82, 2.24) is 0 Å². The van der Waals surface area contributed by atoms with E-state index in [0.29, 0.717) is 5.92 Å². The first-order valence-corrected chi connectivity index (χ1v) is 6.05. The van der Waals surface area contributed by atoms with E-state index in [4.69, 9.17) is 9.84 Å². The molecule has 1 rings (SSSR count). The molecule has 1 N–H and O–H groups in total. The van der Waals surface area contributed by atoms with Gasteiger partial charge in [0.25, 0.3) is 0 Å². The number of rotatable bonds is 6. The second kappa shape index (κ2) is 6.54.